The summed E-state index contributed by atoms with van der Waals surface area (Å²) in [6.45, 7) is 3.71. The lowest BCUT2D eigenvalue weighted by Gasteiger charge is -2.16. The third-order valence-electron chi connectivity index (χ3n) is 2.97. The second-order valence-corrected chi connectivity index (χ2v) is 4.56. The smallest absolute Gasteiger partial charge is 0.191 e. The van der Waals surface area contributed by atoms with Gasteiger partial charge in [0.25, 0.3) is 0 Å². The number of nitrogens with one attached hydrogen (secondary N) is 2. The summed E-state index contributed by atoms with van der Waals surface area (Å²) in [6.07, 6.45) is 10.5. The largest absolute Gasteiger partial charge is 0.355 e. The van der Waals surface area contributed by atoms with Crippen LogP contribution in [0.2, 0.25) is 0 Å². The zero-order chi connectivity index (χ0) is 12.8. The standard InChI is InChI=1S/C13H21N5/c1-11-9-16-18(10-11)8-7-15-13(14-2)17-12-5-3-4-6-12/h3-4,9-10,12H,5-8H2,1-2H3,(H2,14,15,17). The first-order valence-corrected chi connectivity index (χ1v) is 6.39. The van der Waals surface area contributed by atoms with Gasteiger partial charge in [0.1, 0.15) is 0 Å². The minimum absolute atomic E-state index is 0.489. The van der Waals surface area contributed by atoms with E-state index in [1.807, 2.05) is 24.0 Å². The van der Waals surface area contributed by atoms with E-state index in [0.717, 1.165) is 31.9 Å². The molecule has 5 nitrogen and oxygen atoms in total. The van der Waals surface area contributed by atoms with Crippen molar-refractivity contribution in [3.63, 3.8) is 0 Å². The molecule has 98 valence electrons. The van der Waals surface area contributed by atoms with Crippen molar-refractivity contribution in [3.05, 3.63) is 30.1 Å². The van der Waals surface area contributed by atoms with E-state index >= 15 is 0 Å². The van der Waals surface area contributed by atoms with Gasteiger partial charge < -0.3 is 10.6 Å². The number of aryl methyl sites for hydroxylation is 1. The van der Waals surface area contributed by atoms with Crippen LogP contribution in [0.3, 0.4) is 0 Å². The summed E-state index contributed by atoms with van der Waals surface area (Å²) in [6, 6.07) is 0.489. The van der Waals surface area contributed by atoms with E-state index in [2.05, 4.69) is 32.9 Å². The van der Waals surface area contributed by atoms with Gasteiger partial charge in [-0.15, -0.1) is 0 Å². The monoisotopic (exact) mass is 247 g/mol. The van der Waals surface area contributed by atoms with Gasteiger partial charge in [-0.3, -0.25) is 9.67 Å². The third-order valence-corrected chi connectivity index (χ3v) is 2.97. The number of aromatic nitrogens is 2. The highest BCUT2D eigenvalue weighted by atomic mass is 15.3. The Kier molecular flexibility index (Phi) is 4.39. The second kappa shape index (κ2) is 6.23. The predicted octanol–water partition coefficient (Wildman–Crippen LogP) is 1.08. The molecule has 0 saturated carbocycles. The van der Waals surface area contributed by atoms with Crippen molar-refractivity contribution in [2.45, 2.75) is 32.4 Å². The second-order valence-electron chi connectivity index (χ2n) is 4.56. The van der Waals surface area contributed by atoms with E-state index in [-0.39, 0.29) is 0 Å². The summed E-state index contributed by atoms with van der Waals surface area (Å²) in [7, 11) is 1.80. The number of hydrogen-bond donors (Lipinski definition) is 2. The van der Waals surface area contributed by atoms with Crippen LogP contribution in [0.1, 0.15) is 18.4 Å². The zero-order valence-electron chi connectivity index (χ0n) is 11.1. The van der Waals surface area contributed by atoms with Gasteiger partial charge in [0.15, 0.2) is 5.96 Å². The maximum atomic E-state index is 4.25. The average Bonchev–Trinajstić information content (AvgIpc) is 3.00. The van der Waals surface area contributed by atoms with E-state index in [9.17, 15) is 0 Å². The maximum absolute atomic E-state index is 4.25. The van der Waals surface area contributed by atoms with Crippen LogP contribution in [0.5, 0.6) is 0 Å². The lowest BCUT2D eigenvalue weighted by atomic mass is 10.2. The van der Waals surface area contributed by atoms with Gasteiger partial charge in [-0.05, 0) is 25.3 Å². The van der Waals surface area contributed by atoms with Gasteiger partial charge in [-0.25, -0.2) is 0 Å². The molecule has 0 unspecified atom stereocenters. The molecule has 5 heteroatoms. The molecule has 0 amide bonds. The number of hydrogen-bond acceptors (Lipinski definition) is 2. The molecule has 0 spiro atoms. The van der Waals surface area contributed by atoms with Crippen LogP contribution in [-0.2, 0) is 6.54 Å². The molecule has 18 heavy (non-hydrogen) atoms. The van der Waals surface area contributed by atoms with Crippen LogP contribution in [-0.4, -0.2) is 35.4 Å². The van der Waals surface area contributed by atoms with E-state index < -0.39 is 0 Å². The van der Waals surface area contributed by atoms with Crippen LogP contribution in [0.25, 0.3) is 0 Å². The van der Waals surface area contributed by atoms with Gasteiger partial charge >= 0.3 is 0 Å². The fraction of sp³-hybridized carbons (Fsp3) is 0.538. The van der Waals surface area contributed by atoms with Crippen LogP contribution in [0.15, 0.2) is 29.5 Å². The maximum Gasteiger partial charge on any atom is 0.191 e. The Hall–Kier alpha value is -1.78. The molecule has 0 fully saturated rings. The van der Waals surface area contributed by atoms with Crippen LogP contribution < -0.4 is 10.6 Å². The third kappa shape index (κ3) is 3.61. The molecular weight excluding hydrogens is 226 g/mol. The summed E-state index contributed by atoms with van der Waals surface area (Å²) in [5, 5.41) is 11.0. The van der Waals surface area contributed by atoms with Crippen LogP contribution in [0, 0.1) is 6.92 Å². The van der Waals surface area contributed by atoms with Crippen molar-refractivity contribution in [3.8, 4) is 0 Å². The molecule has 0 bridgehead atoms. The summed E-state index contributed by atoms with van der Waals surface area (Å²) in [5.41, 5.74) is 1.19. The van der Waals surface area contributed by atoms with Crippen molar-refractivity contribution < 1.29 is 0 Å². The van der Waals surface area contributed by atoms with Crippen molar-refractivity contribution >= 4 is 5.96 Å². The highest BCUT2D eigenvalue weighted by Gasteiger charge is 2.11. The molecule has 2 N–H and O–H groups in total. The van der Waals surface area contributed by atoms with Gasteiger partial charge in [0.05, 0.1) is 12.7 Å². The minimum atomic E-state index is 0.489. The first kappa shape index (κ1) is 12.7. The van der Waals surface area contributed by atoms with Gasteiger partial charge in [-0.2, -0.15) is 5.10 Å². The molecule has 1 aromatic rings. The average molecular weight is 247 g/mol. The Bertz CT molecular complexity index is 424. The molecule has 0 saturated heterocycles. The molecule has 0 aromatic carbocycles. The fourth-order valence-corrected chi connectivity index (χ4v) is 2.00. The highest BCUT2D eigenvalue weighted by Crippen LogP contribution is 2.08. The molecule has 1 aliphatic carbocycles. The van der Waals surface area contributed by atoms with Gasteiger partial charge in [0.2, 0.25) is 0 Å². The van der Waals surface area contributed by atoms with Crippen molar-refractivity contribution in [1.82, 2.24) is 20.4 Å². The molecule has 1 heterocycles. The van der Waals surface area contributed by atoms with E-state index in [1.54, 1.807) is 7.05 Å². The Morgan fingerprint density at radius 1 is 1.50 bits per heavy atom. The number of rotatable bonds is 4. The summed E-state index contributed by atoms with van der Waals surface area (Å²) >= 11 is 0. The molecule has 0 radical (unpaired) electrons. The lowest BCUT2D eigenvalue weighted by molar-refractivity contribution is 0.584. The minimum Gasteiger partial charge on any atom is -0.355 e. The van der Waals surface area contributed by atoms with E-state index in [4.69, 9.17) is 0 Å². The van der Waals surface area contributed by atoms with Crippen molar-refractivity contribution in [2.24, 2.45) is 4.99 Å². The number of nitrogens with zero attached hydrogens (tertiary/aromatic N) is 3. The molecule has 1 aliphatic rings. The normalized spacial score (nSPS) is 16.2. The van der Waals surface area contributed by atoms with E-state index in [0.29, 0.717) is 6.04 Å². The summed E-state index contributed by atoms with van der Waals surface area (Å²) in [5.74, 6) is 0.868. The predicted molar refractivity (Wildman–Crippen MR) is 73.6 cm³/mol. The molecule has 0 atom stereocenters. The Labute approximate surface area is 108 Å². The molecular formula is C13H21N5. The first-order chi connectivity index (χ1) is 8.78. The Morgan fingerprint density at radius 3 is 2.89 bits per heavy atom. The fourth-order valence-electron chi connectivity index (χ4n) is 2.00. The quantitative estimate of drug-likeness (QED) is 0.475. The van der Waals surface area contributed by atoms with Gasteiger partial charge in [0, 0.05) is 25.8 Å². The molecule has 2 rings (SSSR count). The SMILES string of the molecule is CN=C(NCCn1cc(C)cn1)NC1CC=CC1. The van der Waals surface area contributed by atoms with E-state index in [1.165, 1.54) is 5.56 Å². The molecule has 1 aromatic heterocycles. The topological polar surface area (TPSA) is 54.2 Å². The summed E-state index contributed by atoms with van der Waals surface area (Å²) < 4.78 is 1.94. The van der Waals surface area contributed by atoms with Crippen molar-refractivity contribution in [1.29, 1.82) is 0 Å². The van der Waals surface area contributed by atoms with Crippen LogP contribution >= 0.6 is 0 Å². The Morgan fingerprint density at radius 2 is 2.28 bits per heavy atom. The molecule has 0 aliphatic heterocycles. The Balaban J connectivity index is 1.70. The number of guanidine groups is 1. The number of aliphatic imine (C=N–C) groups is 1. The highest BCUT2D eigenvalue weighted by molar-refractivity contribution is 5.80. The lowest BCUT2D eigenvalue weighted by Crippen LogP contribution is -2.43. The van der Waals surface area contributed by atoms with Crippen LogP contribution in [0.4, 0.5) is 0 Å². The summed E-state index contributed by atoms with van der Waals surface area (Å²) in [4.78, 5) is 4.22. The van der Waals surface area contributed by atoms with Gasteiger partial charge in [-0.1, -0.05) is 12.2 Å². The first-order valence-electron chi connectivity index (χ1n) is 6.39. The van der Waals surface area contributed by atoms with Crippen molar-refractivity contribution in [2.75, 3.05) is 13.6 Å². The zero-order valence-corrected chi connectivity index (χ0v) is 11.1.